The zero-order chi connectivity index (χ0) is 13.0. The number of hydrogen-bond acceptors (Lipinski definition) is 3. The highest BCUT2D eigenvalue weighted by Crippen LogP contribution is 2.29. The predicted molar refractivity (Wildman–Crippen MR) is 74.0 cm³/mol. The molecule has 0 bridgehead atoms. The molecule has 0 amide bonds. The second-order valence-corrected chi connectivity index (χ2v) is 4.68. The van der Waals surface area contributed by atoms with Gasteiger partial charge in [-0.15, -0.1) is 0 Å². The number of rotatable bonds is 4. The third-order valence-corrected chi connectivity index (χ3v) is 3.18. The number of nitrogens with one attached hydrogen (secondary N) is 1. The lowest BCUT2D eigenvalue weighted by Crippen LogP contribution is -2.22. The SMILES string of the molecule is CCNC(c1ccnnc1)c1ccc(Cl)cc1Cl. The summed E-state index contributed by atoms with van der Waals surface area (Å²) >= 11 is 12.2. The van der Waals surface area contributed by atoms with Crippen molar-refractivity contribution in [1.29, 1.82) is 0 Å². The molecule has 1 heterocycles. The molecule has 0 radical (unpaired) electrons. The van der Waals surface area contributed by atoms with Crippen molar-refractivity contribution in [3.05, 3.63) is 57.8 Å². The summed E-state index contributed by atoms with van der Waals surface area (Å²) in [5.41, 5.74) is 2.01. The molecule has 1 aromatic heterocycles. The van der Waals surface area contributed by atoms with Crippen LogP contribution in [0.2, 0.25) is 10.0 Å². The van der Waals surface area contributed by atoms with Crippen LogP contribution in [-0.2, 0) is 0 Å². The number of hydrogen-bond donors (Lipinski definition) is 1. The van der Waals surface area contributed by atoms with Gasteiger partial charge in [0.05, 0.1) is 12.2 Å². The fraction of sp³-hybridized carbons (Fsp3) is 0.231. The van der Waals surface area contributed by atoms with Gasteiger partial charge in [0.1, 0.15) is 0 Å². The van der Waals surface area contributed by atoms with Gasteiger partial charge in [-0.3, -0.25) is 0 Å². The summed E-state index contributed by atoms with van der Waals surface area (Å²) in [6, 6.07) is 7.43. The molecule has 0 saturated carbocycles. The number of halogens is 2. The molecule has 0 fully saturated rings. The van der Waals surface area contributed by atoms with Crippen LogP contribution in [0.4, 0.5) is 0 Å². The fourth-order valence-corrected chi connectivity index (χ4v) is 2.34. The molecular formula is C13H13Cl2N3. The van der Waals surface area contributed by atoms with Crippen LogP contribution < -0.4 is 5.32 Å². The smallest absolute Gasteiger partial charge is 0.0607 e. The number of benzene rings is 1. The Labute approximate surface area is 116 Å². The van der Waals surface area contributed by atoms with Gasteiger partial charge in [0.15, 0.2) is 0 Å². The highest BCUT2D eigenvalue weighted by atomic mass is 35.5. The number of nitrogens with zero attached hydrogens (tertiary/aromatic N) is 2. The molecule has 1 N–H and O–H groups in total. The van der Waals surface area contributed by atoms with E-state index in [1.165, 1.54) is 0 Å². The zero-order valence-electron chi connectivity index (χ0n) is 9.90. The minimum atomic E-state index is -0.00438. The van der Waals surface area contributed by atoms with E-state index in [2.05, 4.69) is 15.5 Å². The maximum atomic E-state index is 6.25. The number of aromatic nitrogens is 2. The van der Waals surface area contributed by atoms with Crippen molar-refractivity contribution in [2.24, 2.45) is 0 Å². The van der Waals surface area contributed by atoms with E-state index in [-0.39, 0.29) is 6.04 Å². The first-order chi connectivity index (χ1) is 8.72. The lowest BCUT2D eigenvalue weighted by atomic mass is 10.0. The Hall–Kier alpha value is -1.16. The minimum Gasteiger partial charge on any atom is -0.306 e. The Bertz CT molecular complexity index is 517. The van der Waals surface area contributed by atoms with Gasteiger partial charge in [0.25, 0.3) is 0 Å². The van der Waals surface area contributed by atoms with Gasteiger partial charge in [0.2, 0.25) is 0 Å². The topological polar surface area (TPSA) is 37.8 Å². The van der Waals surface area contributed by atoms with Crippen LogP contribution in [0.3, 0.4) is 0 Å². The highest BCUT2D eigenvalue weighted by molar-refractivity contribution is 6.35. The van der Waals surface area contributed by atoms with E-state index in [0.29, 0.717) is 10.0 Å². The molecule has 2 rings (SSSR count). The molecule has 1 aromatic carbocycles. The van der Waals surface area contributed by atoms with Crippen LogP contribution >= 0.6 is 23.2 Å². The van der Waals surface area contributed by atoms with E-state index in [9.17, 15) is 0 Å². The predicted octanol–water partition coefficient (Wildman–Crippen LogP) is 3.48. The Morgan fingerprint density at radius 2 is 2.06 bits per heavy atom. The van der Waals surface area contributed by atoms with Gasteiger partial charge >= 0.3 is 0 Å². The Morgan fingerprint density at radius 3 is 2.67 bits per heavy atom. The maximum Gasteiger partial charge on any atom is 0.0607 e. The van der Waals surface area contributed by atoms with E-state index in [1.54, 1.807) is 18.5 Å². The van der Waals surface area contributed by atoms with Crippen LogP contribution in [0.5, 0.6) is 0 Å². The summed E-state index contributed by atoms with van der Waals surface area (Å²) in [5, 5.41) is 12.3. The Morgan fingerprint density at radius 1 is 1.22 bits per heavy atom. The van der Waals surface area contributed by atoms with Crippen molar-refractivity contribution in [3.8, 4) is 0 Å². The van der Waals surface area contributed by atoms with Crippen molar-refractivity contribution in [2.75, 3.05) is 6.54 Å². The molecule has 0 aliphatic carbocycles. The van der Waals surface area contributed by atoms with Crippen LogP contribution in [0.25, 0.3) is 0 Å². The van der Waals surface area contributed by atoms with E-state index in [4.69, 9.17) is 23.2 Å². The average molecular weight is 282 g/mol. The van der Waals surface area contributed by atoms with Gasteiger partial charge in [0, 0.05) is 16.2 Å². The standard InChI is InChI=1S/C13H13Cl2N3/c1-2-16-13(9-5-6-17-18-8-9)11-4-3-10(14)7-12(11)15/h3-8,13,16H,2H2,1H3. The van der Waals surface area contributed by atoms with Crippen LogP contribution in [-0.4, -0.2) is 16.7 Å². The summed E-state index contributed by atoms with van der Waals surface area (Å²) in [5.74, 6) is 0. The largest absolute Gasteiger partial charge is 0.306 e. The normalized spacial score (nSPS) is 12.4. The average Bonchev–Trinajstić information content (AvgIpc) is 2.38. The molecule has 5 heteroatoms. The van der Waals surface area contributed by atoms with E-state index in [0.717, 1.165) is 17.7 Å². The molecule has 0 spiro atoms. The second kappa shape index (κ2) is 6.14. The first kappa shape index (κ1) is 13.3. The molecule has 3 nitrogen and oxygen atoms in total. The van der Waals surface area contributed by atoms with Crippen LogP contribution in [0.15, 0.2) is 36.7 Å². The summed E-state index contributed by atoms with van der Waals surface area (Å²) < 4.78 is 0. The van der Waals surface area contributed by atoms with Gasteiger partial charge in [-0.05, 0) is 35.9 Å². The molecule has 2 aromatic rings. The summed E-state index contributed by atoms with van der Waals surface area (Å²) in [6.07, 6.45) is 3.40. The Balaban J connectivity index is 2.41. The van der Waals surface area contributed by atoms with E-state index in [1.807, 2.05) is 25.1 Å². The van der Waals surface area contributed by atoms with Gasteiger partial charge in [-0.1, -0.05) is 36.2 Å². The lowest BCUT2D eigenvalue weighted by molar-refractivity contribution is 0.626. The van der Waals surface area contributed by atoms with Gasteiger partial charge in [-0.2, -0.15) is 10.2 Å². The molecule has 18 heavy (non-hydrogen) atoms. The quantitative estimate of drug-likeness (QED) is 0.932. The first-order valence-corrected chi connectivity index (χ1v) is 6.43. The highest BCUT2D eigenvalue weighted by Gasteiger charge is 2.16. The maximum absolute atomic E-state index is 6.25. The minimum absolute atomic E-state index is 0.00438. The van der Waals surface area contributed by atoms with Crippen molar-refractivity contribution in [2.45, 2.75) is 13.0 Å². The summed E-state index contributed by atoms with van der Waals surface area (Å²) in [4.78, 5) is 0. The fourth-order valence-electron chi connectivity index (χ4n) is 1.82. The molecular weight excluding hydrogens is 269 g/mol. The molecule has 94 valence electrons. The summed E-state index contributed by atoms with van der Waals surface area (Å²) in [7, 11) is 0. The zero-order valence-corrected chi connectivity index (χ0v) is 11.4. The van der Waals surface area contributed by atoms with Crippen molar-refractivity contribution in [3.63, 3.8) is 0 Å². The van der Waals surface area contributed by atoms with E-state index < -0.39 is 0 Å². The molecule has 1 atom stereocenters. The third-order valence-electron chi connectivity index (χ3n) is 2.62. The monoisotopic (exact) mass is 281 g/mol. The third kappa shape index (κ3) is 2.99. The summed E-state index contributed by atoms with van der Waals surface area (Å²) in [6.45, 7) is 2.87. The first-order valence-electron chi connectivity index (χ1n) is 5.67. The lowest BCUT2D eigenvalue weighted by Gasteiger charge is -2.19. The van der Waals surface area contributed by atoms with Crippen molar-refractivity contribution in [1.82, 2.24) is 15.5 Å². The second-order valence-electron chi connectivity index (χ2n) is 3.83. The van der Waals surface area contributed by atoms with Crippen LogP contribution in [0, 0.1) is 0 Å². The molecule has 0 aliphatic heterocycles. The van der Waals surface area contributed by atoms with Crippen molar-refractivity contribution < 1.29 is 0 Å². The van der Waals surface area contributed by atoms with Gasteiger partial charge in [-0.25, -0.2) is 0 Å². The molecule has 0 saturated heterocycles. The Kier molecular flexibility index (Phi) is 4.53. The van der Waals surface area contributed by atoms with Crippen molar-refractivity contribution >= 4 is 23.2 Å². The van der Waals surface area contributed by atoms with Gasteiger partial charge < -0.3 is 5.32 Å². The molecule has 1 unspecified atom stereocenters. The van der Waals surface area contributed by atoms with Crippen LogP contribution in [0.1, 0.15) is 24.1 Å². The van der Waals surface area contributed by atoms with E-state index >= 15 is 0 Å². The molecule has 0 aliphatic rings.